The molecule has 0 radical (unpaired) electrons. The van der Waals surface area contributed by atoms with E-state index < -0.39 is 0 Å². The van der Waals surface area contributed by atoms with Crippen LogP contribution in [0.3, 0.4) is 0 Å². The maximum absolute atomic E-state index is 12.9. The van der Waals surface area contributed by atoms with Gasteiger partial charge in [0.05, 0.1) is 5.56 Å². The molecule has 3 rings (SSSR count). The minimum absolute atomic E-state index is 0.0554. The van der Waals surface area contributed by atoms with E-state index >= 15 is 0 Å². The van der Waals surface area contributed by atoms with Crippen molar-refractivity contribution in [1.29, 1.82) is 0 Å². The van der Waals surface area contributed by atoms with E-state index in [1.165, 1.54) is 0 Å². The first-order chi connectivity index (χ1) is 12.6. The molecule has 0 spiro atoms. The maximum atomic E-state index is 12.9. The average molecular weight is 358 g/mol. The molecule has 2 aliphatic heterocycles. The summed E-state index contributed by atoms with van der Waals surface area (Å²) in [6.45, 7) is 8.87. The number of hydrogen-bond acceptors (Lipinski definition) is 4. The van der Waals surface area contributed by atoms with Crippen molar-refractivity contribution in [3.63, 3.8) is 0 Å². The Kier molecular flexibility index (Phi) is 5.93. The molecule has 0 bridgehead atoms. The van der Waals surface area contributed by atoms with Crippen LogP contribution in [0.2, 0.25) is 0 Å². The maximum Gasteiger partial charge on any atom is 0.257 e. The Morgan fingerprint density at radius 2 is 1.88 bits per heavy atom. The van der Waals surface area contributed by atoms with Gasteiger partial charge in [0.15, 0.2) is 0 Å². The number of carbonyl (C=O) groups excluding carboxylic acids is 2. The van der Waals surface area contributed by atoms with E-state index in [0.717, 1.165) is 18.4 Å². The van der Waals surface area contributed by atoms with Gasteiger partial charge in [0, 0.05) is 32.8 Å². The molecule has 2 saturated heterocycles. The molecule has 2 fully saturated rings. The number of para-hydroxylation sites is 1. The van der Waals surface area contributed by atoms with E-state index in [2.05, 4.69) is 6.58 Å². The first-order valence-corrected chi connectivity index (χ1v) is 9.12. The zero-order valence-electron chi connectivity index (χ0n) is 15.3. The van der Waals surface area contributed by atoms with Crippen molar-refractivity contribution in [2.75, 3.05) is 39.4 Å². The highest BCUT2D eigenvalue weighted by Gasteiger charge is 2.32. The molecule has 0 saturated carbocycles. The lowest BCUT2D eigenvalue weighted by Crippen LogP contribution is -2.52. The van der Waals surface area contributed by atoms with Crippen molar-refractivity contribution in [2.45, 2.75) is 25.9 Å². The number of amides is 2. The Morgan fingerprint density at radius 3 is 2.54 bits per heavy atom. The van der Waals surface area contributed by atoms with E-state index in [-0.39, 0.29) is 17.9 Å². The summed E-state index contributed by atoms with van der Waals surface area (Å²) < 4.78 is 11.2. The highest BCUT2D eigenvalue weighted by Crippen LogP contribution is 2.22. The Balaban J connectivity index is 1.60. The molecule has 1 aromatic carbocycles. The second kappa shape index (κ2) is 8.36. The van der Waals surface area contributed by atoms with Crippen LogP contribution in [0.25, 0.3) is 0 Å². The van der Waals surface area contributed by atoms with Crippen LogP contribution in [0.5, 0.6) is 5.75 Å². The summed E-state index contributed by atoms with van der Waals surface area (Å²) >= 11 is 0. The van der Waals surface area contributed by atoms with Gasteiger partial charge >= 0.3 is 0 Å². The molecule has 2 aliphatic rings. The molecule has 6 heteroatoms. The Labute approximate surface area is 154 Å². The number of rotatable bonds is 5. The van der Waals surface area contributed by atoms with E-state index in [1.807, 2.05) is 24.0 Å². The van der Waals surface area contributed by atoms with E-state index in [1.54, 1.807) is 17.0 Å². The van der Waals surface area contributed by atoms with E-state index in [0.29, 0.717) is 50.7 Å². The van der Waals surface area contributed by atoms with Crippen molar-refractivity contribution in [3.05, 3.63) is 42.0 Å². The van der Waals surface area contributed by atoms with Gasteiger partial charge in [0.2, 0.25) is 0 Å². The highest BCUT2D eigenvalue weighted by atomic mass is 16.5. The van der Waals surface area contributed by atoms with Crippen LogP contribution in [-0.2, 0) is 9.53 Å². The Bertz CT molecular complexity index is 674. The lowest BCUT2D eigenvalue weighted by molar-refractivity contribution is -0.142. The summed E-state index contributed by atoms with van der Waals surface area (Å²) in [4.78, 5) is 28.9. The lowest BCUT2D eigenvalue weighted by atomic mass is 10.1. The van der Waals surface area contributed by atoms with Crippen molar-refractivity contribution < 1.29 is 19.1 Å². The van der Waals surface area contributed by atoms with Crippen molar-refractivity contribution in [1.82, 2.24) is 9.80 Å². The van der Waals surface area contributed by atoms with Crippen LogP contribution in [0.1, 0.15) is 30.1 Å². The summed E-state index contributed by atoms with van der Waals surface area (Å²) in [6, 6.07) is 7.26. The number of ether oxygens (including phenoxy) is 2. The molecule has 6 nitrogen and oxygen atoms in total. The quantitative estimate of drug-likeness (QED) is 0.757. The molecule has 0 N–H and O–H groups in total. The average Bonchev–Trinajstić information content (AvgIpc) is 3.20. The van der Waals surface area contributed by atoms with Crippen LogP contribution in [0.15, 0.2) is 36.4 Å². The second-order valence-electron chi connectivity index (χ2n) is 6.86. The largest absolute Gasteiger partial charge is 0.488 e. The topological polar surface area (TPSA) is 59.1 Å². The predicted octanol–water partition coefficient (Wildman–Crippen LogP) is 2.10. The normalized spacial score (nSPS) is 20.1. The van der Waals surface area contributed by atoms with Crippen molar-refractivity contribution in [3.8, 4) is 5.75 Å². The predicted molar refractivity (Wildman–Crippen MR) is 98.2 cm³/mol. The fourth-order valence-corrected chi connectivity index (χ4v) is 3.25. The van der Waals surface area contributed by atoms with Crippen molar-refractivity contribution >= 4 is 11.8 Å². The third kappa shape index (κ3) is 4.25. The Morgan fingerprint density at radius 1 is 1.19 bits per heavy atom. The van der Waals surface area contributed by atoms with Gasteiger partial charge in [-0.15, -0.1) is 0 Å². The van der Waals surface area contributed by atoms with Gasteiger partial charge in [-0.05, 0) is 37.5 Å². The van der Waals surface area contributed by atoms with E-state index in [9.17, 15) is 9.59 Å². The number of nitrogens with zero attached hydrogens (tertiary/aromatic N) is 2. The molecular formula is C20H26N2O4. The van der Waals surface area contributed by atoms with Gasteiger partial charge in [-0.3, -0.25) is 9.59 Å². The smallest absolute Gasteiger partial charge is 0.257 e. The minimum Gasteiger partial charge on any atom is -0.488 e. The monoisotopic (exact) mass is 358 g/mol. The molecular weight excluding hydrogens is 332 g/mol. The highest BCUT2D eigenvalue weighted by molar-refractivity contribution is 5.97. The number of benzene rings is 1. The molecule has 26 heavy (non-hydrogen) atoms. The summed E-state index contributed by atoms with van der Waals surface area (Å²) in [5.41, 5.74) is 1.45. The van der Waals surface area contributed by atoms with Crippen molar-refractivity contribution in [2.24, 2.45) is 0 Å². The zero-order valence-corrected chi connectivity index (χ0v) is 15.3. The summed E-state index contributed by atoms with van der Waals surface area (Å²) in [6.07, 6.45) is 1.44. The molecule has 0 unspecified atom stereocenters. The summed E-state index contributed by atoms with van der Waals surface area (Å²) in [5, 5.41) is 0. The third-order valence-corrected chi connectivity index (χ3v) is 4.68. The van der Waals surface area contributed by atoms with Crippen LogP contribution >= 0.6 is 0 Å². The van der Waals surface area contributed by atoms with E-state index in [4.69, 9.17) is 9.47 Å². The minimum atomic E-state index is -0.298. The molecule has 0 aliphatic carbocycles. The Hall–Kier alpha value is -2.34. The van der Waals surface area contributed by atoms with Crippen LogP contribution in [-0.4, -0.2) is 67.1 Å². The van der Waals surface area contributed by atoms with Crippen LogP contribution in [0, 0.1) is 0 Å². The van der Waals surface area contributed by atoms with Gasteiger partial charge in [-0.2, -0.15) is 0 Å². The molecule has 1 atom stereocenters. The van der Waals surface area contributed by atoms with Gasteiger partial charge < -0.3 is 19.3 Å². The summed E-state index contributed by atoms with van der Waals surface area (Å²) in [7, 11) is 0. The number of piperazine rings is 1. The first-order valence-electron chi connectivity index (χ1n) is 9.12. The standard InChI is InChI=1S/C20H26N2O4/c1-15(2)14-26-17-7-4-3-6-16(17)19(23)21-9-11-22(12-10-21)20(24)18-8-5-13-25-18/h3-4,6-7,18H,1,5,8-14H2,2H3/t18-/m0/s1. The SMILES string of the molecule is C=C(C)COc1ccccc1C(=O)N1CCN(C(=O)[C@@H]2CCCO2)CC1. The zero-order chi connectivity index (χ0) is 18.5. The van der Waals surface area contributed by atoms with Gasteiger partial charge in [0.1, 0.15) is 18.5 Å². The number of carbonyl (C=O) groups is 2. The fourth-order valence-electron chi connectivity index (χ4n) is 3.25. The molecule has 2 heterocycles. The van der Waals surface area contributed by atoms with Gasteiger partial charge in [0.25, 0.3) is 11.8 Å². The second-order valence-corrected chi connectivity index (χ2v) is 6.86. The molecule has 1 aromatic rings. The molecule has 140 valence electrons. The molecule has 2 amide bonds. The van der Waals surface area contributed by atoms with Gasteiger partial charge in [-0.25, -0.2) is 0 Å². The van der Waals surface area contributed by atoms with Gasteiger partial charge in [-0.1, -0.05) is 18.7 Å². The summed E-state index contributed by atoms with van der Waals surface area (Å²) in [5.74, 6) is 0.560. The van der Waals surface area contributed by atoms with Crippen LogP contribution in [0.4, 0.5) is 0 Å². The van der Waals surface area contributed by atoms with Crippen LogP contribution < -0.4 is 4.74 Å². The number of hydrogen-bond donors (Lipinski definition) is 0. The third-order valence-electron chi connectivity index (χ3n) is 4.68. The molecule has 0 aromatic heterocycles. The fraction of sp³-hybridized carbons (Fsp3) is 0.500. The first kappa shape index (κ1) is 18.5. The lowest BCUT2D eigenvalue weighted by Gasteiger charge is -2.36.